The highest BCUT2D eigenvalue weighted by atomic mass is 16.5. The van der Waals surface area contributed by atoms with Crippen molar-refractivity contribution in [2.24, 2.45) is 10.7 Å². The van der Waals surface area contributed by atoms with Crippen molar-refractivity contribution in [2.45, 2.75) is 32.3 Å². The summed E-state index contributed by atoms with van der Waals surface area (Å²) in [6.45, 7) is 4.14. The SMILES string of the molecule is Cc1cc2c(cc1C)CC1(C2)OC(N)=NC1=O. The van der Waals surface area contributed by atoms with Gasteiger partial charge in [0.15, 0.2) is 0 Å². The van der Waals surface area contributed by atoms with Gasteiger partial charge < -0.3 is 10.5 Å². The van der Waals surface area contributed by atoms with Gasteiger partial charge in [-0.1, -0.05) is 12.1 Å². The summed E-state index contributed by atoms with van der Waals surface area (Å²) < 4.78 is 5.46. The highest BCUT2D eigenvalue weighted by molar-refractivity contribution is 6.01. The molecular weight excluding hydrogens is 216 g/mol. The van der Waals surface area contributed by atoms with Crippen LogP contribution in [-0.4, -0.2) is 17.5 Å². The lowest BCUT2D eigenvalue weighted by Crippen LogP contribution is -2.39. The number of benzene rings is 1. The van der Waals surface area contributed by atoms with Crippen LogP contribution in [0.4, 0.5) is 0 Å². The van der Waals surface area contributed by atoms with E-state index < -0.39 is 5.60 Å². The molecule has 4 nitrogen and oxygen atoms in total. The minimum atomic E-state index is -0.855. The summed E-state index contributed by atoms with van der Waals surface area (Å²) in [5.74, 6) is -0.249. The molecule has 88 valence electrons. The van der Waals surface area contributed by atoms with Crippen molar-refractivity contribution in [3.05, 3.63) is 34.4 Å². The Morgan fingerprint density at radius 2 is 1.76 bits per heavy atom. The average molecular weight is 230 g/mol. The van der Waals surface area contributed by atoms with Gasteiger partial charge in [0.2, 0.25) is 5.60 Å². The maximum atomic E-state index is 11.9. The lowest BCUT2D eigenvalue weighted by atomic mass is 10.00. The highest BCUT2D eigenvalue weighted by Gasteiger charge is 2.50. The van der Waals surface area contributed by atoms with E-state index in [9.17, 15) is 4.79 Å². The Bertz CT molecular complexity index is 530. The van der Waals surface area contributed by atoms with E-state index in [2.05, 4.69) is 31.0 Å². The molecule has 1 amide bonds. The first-order valence-corrected chi connectivity index (χ1v) is 5.67. The molecule has 0 fully saturated rings. The zero-order valence-electron chi connectivity index (χ0n) is 9.91. The third kappa shape index (κ3) is 1.37. The molecule has 0 saturated carbocycles. The average Bonchev–Trinajstić information content (AvgIpc) is 2.69. The number of amidine groups is 1. The van der Waals surface area contributed by atoms with Crippen LogP contribution in [0.15, 0.2) is 17.1 Å². The largest absolute Gasteiger partial charge is 0.448 e. The van der Waals surface area contributed by atoms with Gasteiger partial charge in [0.1, 0.15) is 0 Å². The van der Waals surface area contributed by atoms with Crippen molar-refractivity contribution in [3.8, 4) is 0 Å². The maximum absolute atomic E-state index is 11.9. The van der Waals surface area contributed by atoms with E-state index in [4.69, 9.17) is 10.5 Å². The summed E-state index contributed by atoms with van der Waals surface area (Å²) in [5.41, 5.74) is 9.44. The molecule has 17 heavy (non-hydrogen) atoms. The lowest BCUT2D eigenvalue weighted by molar-refractivity contribution is -0.130. The first-order chi connectivity index (χ1) is 8.00. The van der Waals surface area contributed by atoms with Gasteiger partial charge in [-0.05, 0) is 36.1 Å². The van der Waals surface area contributed by atoms with Gasteiger partial charge in [-0.15, -0.1) is 0 Å². The lowest BCUT2D eigenvalue weighted by Gasteiger charge is -2.18. The highest BCUT2D eigenvalue weighted by Crippen LogP contribution is 2.37. The fourth-order valence-electron chi connectivity index (χ4n) is 2.63. The summed E-state index contributed by atoms with van der Waals surface area (Å²) in [6, 6.07) is 4.26. The molecule has 0 saturated heterocycles. The molecule has 0 radical (unpaired) electrons. The van der Waals surface area contributed by atoms with Crippen LogP contribution in [0.3, 0.4) is 0 Å². The summed E-state index contributed by atoms with van der Waals surface area (Å²) in [5, 5.41) is 0. The number of ether oxygens (including phenoxy) is 1. The van der Waals surface area contributed by atoms with Crippen molar-refractivity contribution < 1.29 is 9.53 Å². The van der Waals surface area contributed by atoms with Gasteiger partial charge >= 0.3 is 0 Å². The van der Waals surface area contributed by atoms with E-state index in [1.807, 2.05) is 0 Å². The molecule has 0 atom stereocenters. The summed E-state index contributed by atoms with van der Waals surface area (Å²) in [6.07, 6.45) is 1.15. The smallest absolute Gasteiger partial charge is 0.295 e. The van der Waals surface area contributed by atoms with Crippen LogP contribution in [0.2, 0.25) is 0 Å². The Hall–Kier alpha value is -1.84. The molecule has 1 aromatic carbocycles. The van der Waals surface area contributed by atoms with E-state index in [1.54, 1.807) is 0 Å². The molecule has 4 heteroatoms. The molecule has 1 aliphatic heterocycles. The topological polar surface area (TPSA) is 64.7 Å². The minimum Gasteiger partial charge on any atom is -0.448 e. The third-order valence-corrected chi connectivity index (χ3v) is 3.67. The van der Waals surface area contributed by atoms with E-state index in [1.165, 1.54) is 22.3 Å². The van der Waals surface area contributed by atoms with Crippen molar-refractivity contribution in [2.75, 3.05) is 0 Å². The molecule has 2 N–H and O–H groups in total. The molecular formula is C13H14N2O2. The van der Waals surface area contributed by atoms with Crippen molar-refractivity contribution in [3.63, 3.8) is 0 Å². The van der Waals surface area contributed by atoms with Crippen molar-refractivity contribution in [1.29, 1.82) is 0 Å². The Kier molecular flexibility index (Phi) is 1.88. The molecule has 0 unspecified atom stereocenters. The van der Waals surface area contributed by atoms with Crippen LogP contribution < -0.4 is 5.73 Å². The number of hydrogen-bond donors (Lipinski definition) is 1. The second-order valence-electron chi connectivity index (χ2n) is 4.91. The summed E-state index contributed by atoms with van der Waals surface area (Å²) in [7, 11) is 0. The van der Waals surface area contributed by atoms with Crippen LogP contribution in [0, 0.1) is 13.8 Å². The molecule has 1 heterocycles. The van der Waals surface area contributed by atoms with E-state index >= 15 is 0 Å². The predicted octanol–water partition coefficient (Wildman–Crippen LogP) is 1.01. The molecule has 3 rings (SSSR count). The zero-order chi connectivity index (χ0) is 12.2. The van der Waals surface area contributed by atoms with E-state index in [0.29, 0.717) is 12.8 Å². The third-order valence-electron chi connectivity index (χ3n) is 3.67. The molecule has 2 aliphatic rings. The Morgan fingerprint density at radius 1 is 1.24 bits per heavy atom. The molecule has 1 aromatic rings. The quantitative estimate of drug-likeness (QED) is 0.723. The number of aliphatic imine (C=N–C) groups is 1. The maximum Gasteiger partial charge on any atom is 0.295 e. The minimum absolute atomic E-state index is 0.00347. The Labute approximate surface area is 99.5 Å². The number of carbonyl (C=O) groups excluding carboxylic acids is 1. The van der Waals surface area contributed by atoms with E-state index in [-0.39, 0.29) is 11.9 Å². The Morgan fingerprint density at radius 3 is 2.18 bits per heavy atom. The number of carbonyl (C=O) groups is 1. The zero-order valence-corrected chi connectivity index (χ0v) is 9.91. The van der Waals surface area contributed by atoms with Crippen molar-refractivity contribution >= 4 is 11.9 Å². The van der Waals surface area contributed by atoms with Crippen LogP contribution in [0.5, 0.6) is 0 Å². The van der Waals surface area contributed by atoms with Gasteiger partial charge in [-0.25, -0.2) is 0 Å². The monoisotopic (exact) mass is 230 g/mol. The van der Waals surface area contributed by atoms with Crippen molar-refractivity contribution in [1.82, 2.24) is 0 Å². The van der Waals surface area contributed by atoms with Crippen LogP contribution in [0.25, 0.3) is 0 Å². The van der Waals surface area contributed by atoms with Gasteiger partial charge in [-0.3, -0.25) is 4.79 Å². The second-order valence-corrected chi connectivity index (χ2v) is 4.91. The Balaban J connectivity index is 2.01. The van der Waals surface area contributed by atoms with Gasteiger partial charge in [0.05, 0.1) is 0 Å². The van der Waals surface area contributed by atoms with Crippen LogP contribution >= 0.6 is 0 Å². The summed E-state index contributed by atoms with van der Waals surface area (Å²) in [4.78, 5) is 15.5. The fourth-order valence-corrected chi connectivity index (χ4v) is 2.63. The second kappa shape index (κ2) is 3.09. The van der Waals surface area contributed by atoms with Gasteiger partial charge in [0, 0.05) is 12.8 Å². The first-order valence-electron chi connectivity index (χ1n) is 5.67. The number of aryl methyl sites for hydroxylation is 2. The number of nitrogens with zero attached hydrogens (tertiary/aromatic N) is 1. The number of amides is 1. The van der Waals surface area contributed by atoms with Gasteiger partial charge in [0.25, 0.3) is 11.9 Å². The summed E-state index contributed by atoms with van der Waals surface area (Å²) >= 11 is 0. The van der Waals surface area contributed by atoms with Crippen LogP contribution in [0.1, 0.15) is 22.3 Å². The molecule has 1 aliphatic carbocycles. The van der Waals surface area contributed by atoms with Gasteiger partial charge in [-0.2, -0.15) is 4.99 Å². The number of fused-ring (bicyclic) bond motifs is 1. The first kappa shape index (κ1) is 10.3. The predicted molar refractivity (Wildman–Crippen MR) is 63.8 cm³/mol. The van der Waals surface area contributed by atoms with E-state index in [0.717, 1.165) is 0 Å². The number of nitrogens with two attached hydrogens (primary N) is 1. The molecule has 0 bridgehead atoms. The molecule has 0 aromatic heterocycles. The normalized spacial score (nSPS) is 20.4. The fraction of sp³-hybridized carbons (Fsp3) is 0.385. The number of rotatable bonds is 0. The number of hydrogen-bond acceptors (Lipinski definition) is 3. The standard InChI is InChI=1S/C13H14N2O2/c1-7-3-9-5-13(6-10(9)4-8(7)2)11(16)15-12(14)17-13/h3-4H,5-6H2,1-2H3,(H2,14,15,16). The molecule has 1 spiro atoms. The van der Waals surface area contributed by atoms with Crippen LogP contribution in [-0.2, 0) is 22.4 Å².